The van der Waals surface area contributed by atoms with E-state index in [0.29, 0.717) is 30.2 Å². The topological polar surface area (TPSA) is 93.3 Å². The molecular weight excluding hydrogens is 382 g/mol. The van der Waals surface area contributed by atoms with Gasteiger partial charge in [0.15, 0.2) is 0 Å². The van der Waals surface area contributed by atoms with Crippen LogP contribution in [0, 0.1) is 24.0 Å². The standard InChI is InChI=1S/C22H25N5O3/c1-15-8-9-17(12-16(15)2)20-14-21(22(28)23-10-11-25(3)4)26(24-20)18-6-5-7-19(13-18)27(29)30/h5-9,12-14H,10-11H2,1-4H3,(H,23,28). The number of nitro groups is 1. The summed E-state index contributed by atoms with van der Waals surface area (Å²) in [5, 5.41) is 18.7. The van der Waals surface area contributed by atoms with E-state index in [2.05, 4.69) is 10.4 Å². The molecule has 1 heterocycles. The summed E-state index contributed by atoms with van der Waals surface area (Å²) < 4.78 is 1.46. The van der Waals surface area contributed by atoms with Gasteiger partial charge in [-0.1, -0.05) is 18.2 Å². The molecule has 0 unspecified atom stereocenters. The number of aryl methyl sites for hydroxylation is 2. The Hall–Kier alpha value is -3.52. The minimum atomic E-state index is -0.464. The third-order valence-corrected chi connectivity index (χ3v) is 4.87. The molecule has 3 aromatic rings. The number of carbonyl (C=O) groups is 1. The molecule has 8 nitrogen and oxygen atoms in total. The maximum atomic E-state index is 12.9. The lowest BCUT2D eigenvalue weighted by Crippen LogP contribution is -2.32. The fourth-order valence-corrected chi connectivity index (χ4v) is 3.00. The van der Waals surface area contributed by atoms with Crippen LogP contribution in [0.25, 0.3) is 16.9 Å². The fraction of sp³-hybridized carbons (Fsp3) is 0.273. The van der Waals surface area contributed by atoms with E-state index in [9.17, 15) is 14.9 Å². The van der Waals surface area contributed by atoms with Gasteiger partial charge in [-0.3, -0.25) is 14.9 Å². The van der Waals surface area contributed by atoms with E-state index in [1.165, 1.54) is 22.4 Å². The average Bonchev–Trinajstić information content (AvgIpc) is 3.15. The molecule has 0 aliphatic carbocycles. The van der Waals surface area contributed by atoms with Crippen molar-refractivity contribution in [2.45, 2.75) is 13.8 Å². The zero-order valence-corrected chi connectivity index (χ0v) is 17.5. The van der Waals surface area contributed by atoms with Gasteiger partial charge < -0.3 is 10.2 Å². The molecule has 156 valence electrons. The molecule has 0 bridgehead atoms. The summed E-state index contributed by atoms with van der Waals surface area (Å²) in [4.78, 5) is 25.6. The van der Waals surface area contributed by atoms with E-state index in [-0.39, 0.29) is 11.6 Å². The first-order valence-corrected chi connectivity index (χ1v) is 9.61. The van der Waals surface area contributed by atoms with Crippen molar-refractivity contribution in [3.63, 3.8) is 0 Å². The second-order valence-corrected chi connectivity index (χ2v) is 7.46. The van der Waals surface area contributed by atoms with Gasteiger partial charge in [0.25, 0.3) is 11.6 Å². The van der Waals surface area contributed by atoms with Crippen LogP contribution in [-0.2, 0) is 0 Å². The monoisotopic (exact) mass is 407 g/mol. The highest BCUT2D eigenvalue weighted by atomic mass is 16.6. The van der Waals surface area contributed by atoms with E-state index in [4.69, 9.17) is 0 Å². The fourth-order valence-electron chi connectivity index (χ4n) is 3.00. The maximum absolute atomic E-state index is 12.9. The number of hydrogen-bond acceptors (Lipinski definition) is 5. The number of rotatable bonds is 7. The van der Waals surface area contributed by atoms with Crippen molar-refractivity contribution in [3.8, 4) is 16.9 Å². The van der Waals surface area contributed by atoms with E-state index in [1.807, 2.05) is 51.0 Å². The van der Waals surface area contributed by atoms with Crippen molar-refractivity contribution in [1.29, 1.82) is 0 Å². The Labute approximate surface area is 175 Å². The Morgan fingerprint density at radius 3 is 2.57 bits per heavy atom. The van der Waals surface area contributed by atoms with Gasteiger partial charge in [-0.05, 0) is 57.3 Å². The molecule has 0 saturated carbocycles. The number of nitro benzene ring substituents is 1. The summed E-state index contributed by atoms with van der Waals surface area (Å²) in [5.74, 6) is -0.286. The van der Waals surface area contributed by atoms with Gasteiger partial charge >= 0.3 is 0 Å². The molecule has 8 heteroatoms. The molecule has 1 N–H and O–H groups in total. The van der Waals surface area contributed by atoms with Crippen molar-refractivity contribution < 1.29 is 9.72 Å². The van der Waals surface area contributed by atoms with E-state index in [1.54, 1.807) is 18.2 Å². The number of nitrogens with zero attached hydrogens (tertiary/aromatic N) is 4. The quantitative estimate of drug-likeness (QED) is 0.479. The molecule has 30 heavy (non-hydrogen) atoms. The average molecular weight is 407 g/mol. The van der Waals surface area contributed by atoms with E-state index >= 15 is 0 Å². The van der Waals surface area contributed by atoms with Crippen LogP contribution in [0.1, 0.15) is 21.6 Å². The molecule has 0 saturated heterocycles. The molecule has 0 spiro atoms. The highest BCUT2D eigenvalue weighted by molar-refractivity contribution is 5.94. The first-order chi connectivity index (χ1) is 14.3. The largest absolute Gasteiger partial charge is 0.349 e. The minimum Gasteiger partial charge on any atom is -0.349 e. The van der Waals surface area contributed by atoms with E-state index in [0.717, 1.165) is 11.1 Å². The van der Waals surface area contributed by atoms with Crippen LogP contribution in [0.4, 0.5) is 5.69 Å². The number of hydrogen-bond donors (Lipinski definition) is 1. The van der Waals surface area contributed by atoms with Crippen LogP contribution >= 0.6 is 0 Å². The number of non-ortho nitro benzene ring substituents is 1. The van der Waals surface area contributed by atoms with Gasteiger partial charge in [0.2, 0.25) is 0 Å². The summed E-state index contributed by atoms with van der Waals surface area (Å²) in [6, 6.07) is 13.8. The van der Waals surface area contributed by atoms with Crippen LogP contribution in [0.15, 0.2) is 48.5 Å². The first-order valence-electron chi connectivity index (χ1n) is 9.61. The Kier molecular flexibility index (Phi) is 6.27. The lowest BCUT2D eigenvalue weighted by molar-refractivity contribution is -0.384. The summed E-state index contributed by atoms with van der Waals surface area (Å²) in [6.07, 6.45) is 0. The Balaban J connectivity index is 2.05. The molecule has 0 fully saturated rings. The number of benzene rings is 2. The van der Waals surface area contributed by atoms with Gasteiger partial charge in [0.1, 0.15) is 5.69 Å². The normalized spacial score (nSPS) is 11.0. The Bertz CT molecular complexity index is 1090. The van der Waals surface area contributed by atoms with Crippen LogP contribution in [0.2, 0.25) is 0 Å². The highest BCUT2D eigenvalue weighted by Crippen LogP contribution is 2.25. The predicted octanol–water partition coefficient (Wildman–Crippen LogP) is 3.36. The molecule has 0 aliphatic heterocycles. The van der Waals surface area contributed by atoms with Gasteiger partial charge in [-0.2, -0.15) is 5.10 Å². The summed E-state index contributed by atoms with van der Waals surface area (Å²) in [7, 11) is 3.86. The van der Waals surface area contributed by atoms with Gasteiger partial charge in [-0.15, -0.1) is 0 Å². The van der Waals surface area contributed by atoms with Crippen molar-refractivity contribution in [3.05, 3.63) is 75.5 Å². The molecule has 3 rings (SSSR count). The van der Waals surface area contributed by atoms with Crippen molar-refractivity contribution >= 4 is 11.6 Å². The second kappa shape index (κ2) is 8.87. The molecule has 0 aliphatic rings. The maximum Gasteiger partial charge on any atom is 0.271 e. The number of carbonyl (C=O) groups excluding carboxylic acids is 1. The van der Waals surface area contributed by atoms with Crippen molar-refractivity contribution in [1.82, 2.24) is 20.0 Å². The zero-order valence-electron chi connectivity index (χ0n) is 17.5. The van der Waals surface area contributed by atoms with Gasteiger partial charge in [-0.25, -0.2) is 4.68 Å². The number of aromatic nitrogens is 2. The molecule has 0 atom stereocenters. The van der Waals surface area contributed by atoms with Crippen molar-refractivity contribution in [2.75, 3.05) is 27.2 Å². The van der Waals surface area contributed by atoms with E-state index < -0.39 is 4.92 Å². The summed E-state index contributed by atoms with van der Waals surface area (Å²) in [6.45, 7) is 5.22. The molecule has 1 aromatic heterocycles. The van der Waals surface area contributed by atoms with Crippen LogP contribution in [0.5, 0.6) is 0 Å². The highest BCUT2D eigenvalue weighted by Gasteiger charge is 2.19. The summed E-state index contributed by atoms with van der Waals surface area (Å²) >= 11 is 0. The van der Waals surface area contributed by atoms with Crippen LogP contribution in [0.3, 0.4) is 0 Å². The van der Waals surface area contributed by atoms with Crippen LogP contribution in [-0.4, -0.2) is 52.7 Å². The second-order valence-electron chi connectivity index (χ2n) is 7.46. The number of nitrogens with one attached hydrogen (secondary N) is 1. The third kappa shape index (κ3) is 4.72. The molecule has 1 amide bonds. The van der Waals surface area contributed by atoms with Gasteiger partial charge in [0.05, 0.1) is 16.3 Å². The van der Waals surface area contributed by atoms with Crippen molar-refractivity contribution in [2.24, 2.45) is 0 Å². The lowest BCUT2D eigenvalue weighted by Gasteiger charge is -2.11. The SMILES string of the molecule is Cc1ccc(-c2cc(C(=O)NCCN(C)C)n(-c3cccc([N+](=O)[O-])c3)n2)cc1C. The minimum absolute atomic E-state index is 0.0605. The Morgan fingerprint density at radius 2 is 1.90 bits per heavy atom. The number of likely N-dealkylation sites (N-methyl/N-ethyl adjacent to an activating group) is 1. The molecule has 2 aromatic carbocycles. The Morgan fingerprint density at radius 1 is 1.13 bits per heavy atom. The number of amides is 1. The lowest BCUT2D eigenvalue weighted by atomic mass is 10.0. The van der Waals surface area contributed by atoms with Crippen LogP contribution < -0.4 is 5.32 Å². The predicted molar refractivity (Wildman–Crippen MR) is 116 cm³/mol. The van der Waals surface area contributed by atoms with Gasteiger partial charge in [0, 0.05) is 30.8 Å². The third-order valence-electron chi connectivity index (χ3n) is 4.87. The smallest absolute Gasteiger partial charge is 0.271 e. The summed E-state index contributed by atoms with van der Waals surface area (Å²) in [5.41, 5.74) is 4.51. The first kappa shape index (κ1) is 21.2. The molecule has 0 radical (unpaired) electrons. The molecular formula is C22H25N5O3. The zero-order chi connectivity index (χ0) is 21.8.